The van der Waals surface area contributed by atoms with Gasteiger partial charge in [0.2, 0.25) is 5.78 Å². The molecule has 0 amide bonds. The molecule has 2 heterocycles. The van der Waals surface area contributed by atoms with Gasteiger partial charge in [-0.15, -0.1) is 0 Å². The molecule has 0 aliphatic rings. The van der Waals surface area contributed by atoms with Crippen LogP contribution in [0.5, 0.6) is 0 Å². The second-order valence-electron chi connectivity index (χ2n) is 13.3. The lowest BCUT2D eigenvalue weighted by Crippen LogP contribution is -2.10. The Bertz CT molecular complexity index is 2750. The van der Waals surface area contributed by atoms with Crippen LogP contribution in [0.25, 0.3) is 66.9 Å². The van der Waals surface area contributed by atoms with Crippen molar-refractivity contribution in [2.75, 3.05) is 4.90 Å². The van der Waals surface area contributed by atoms with E-state index in [9.17, 15) is 0 Å². The van der Waals surface area contributed by atoms with Crippen LogP contribution >= 0.6 is 0 Å². The van der Waals surface area contributed by atoms with Crippen LogP contribution in [0.3, 0.4) is 0 Å². The van der Waals surface area contributed by atoms with Gasteiger partial charge in [0, 0.05) is 22.7 Å². The molecule has 0 spiro atoms. The number of benzene rings is 8. The second kappa shape index (κ2) is 12.9. The third-order valence-electron chi connectivity index (χ3n) is 10.1. The highest BCUT2D eigenvalue weighted by atomic mass is 15.2. The number of rotatable bonds is 7. The number of imidazole rings is 2. The number of hydrogen-bond donors (Lipinski definition) is 0. The second-order valence-corrected chi connectivity index (χ2v) is 13.3. The normalized spacial score (nSPS) is 11.4. The Kier molecular flexibility index (Phi) is 7.43. The van der Waals surface area contributed by atoms with Gasteiger partial charge in [0.05, 0.1) is 22.1 Å². The fourth-order valence-corrected chi connectivity index (χ4v) is 7.53. The molecule has 250 valence electrons. The van der Waals surface area contributed by atoms with E-state index in [0.29, 0.717) is 0 Å². The van der Waals surface area contributed by atoms with Crippen LogP contribution in [0.1, 0.15) is 0 Å². The number of anilines is 3. The SMILES string of the molecule is c1ccc(-c2ccc(N(c3ccc(-c4ccccc4)cc3)c3ccc4c(c3)n(-c3ccc(-c5ccccc5)cc3)c3nc5ccccc5n43)cc2)cc1. The number of fused-ring (bicyclic) bond motifs is 5. The summed E-state index contributed by atoms with van der Waals surface area (Å²) < 4.78 is 4.58. The lowest BCUT2D eigenvalue weighted by Gasteiger charge is -2.26. The zero-order chi connectivity index (χ0) is 35.1. The highest BCUT2D eigenvalue weighted by Crippen LogP contribution is 2.40. The van der Waals surface area contributed by atoms with E-state index in [1.807, 2.05) is 0 Å². The number of nitrogens with zero attached hydrogens (tertiary/aromatic N) is 4. The maximum absolute atomic E-state index is 5.19. The Morgan fingerprint density at radius 2 is 0.774 bits per heavy atom. The van der Waals surface area contributed by atoms with E-state index in [2.05, 4.69) is 220 Å². The predicted octanol–water partition coefficient (Wildman–Crippen LogP) is 12.9. The van der Waals surface area contributed by atoms with Crippen molar-refractivity contribution in [3.63, 3.8) is 0 Å². The monoisotopic (exact) mass is 678 g/mol. The predicted molar refractivity (Wildman–Crippen MR) is 221 cm³/mol. The largest absolute Gasteiger partial charge is 0.310 e. The molecule has 0 aliphatic carbocycles. The van der Waals surface area contributed by atoms with Crippen molar-refractivity contribution >= 4 is 44.9 Å². The first kappa shape index (κ1) is 30.6. The number of aromatic nitrogens is 3. The molecular formula is C49H34N4. The van der Waals surface area contributed by atoms with Gasteiger partial charge in [-0.3, -0.25) is 8.97 Å². The van der Waals surface area contributed by atoms with E-state index >= 15 is 0 Å². The molecule has 0 unspecified atom stereocenters. The molecule has 4 nitrogen and oxygen atoms in total. The Hall–Kier alpha value is -7.17. The summed E-state index contributed by atoms with van der Waals surface area (Å²) in [6.07, 6.45) is 0. The van der Waals surface area contributed by atoms with Crippen molar-refractivity contribution in [2.24, 2.45) is 0 Å². The highest BCUT2D eigenvalue weighted by molar-refractivity contribution is 5.95. The molecule has 0 radical (unpaired) electrons. The van der Waals surface area contributed by atoms with E-state index in [1.165, 1.54) is 33.4 Å². The van der Waals surface area contributed by atoms with Gasteiger partial charge in [0.25, 0.3) is 0 Å². The van der Waals surface area contributed by atoms with Gasteiger partial charge in [0.1, 0.15) is 0 Å². The van der Waals surface area contributed by atoms with Crippen LogP contribution in [0, 0.1) is 0 Å². The maximum Gasteiger partial charge on any atom is 0.220 e. The Morgan fingerprint density at radius 1 is 0.340 bits per heavy atom. The van der Waals surface area contributed by atoms with Crippen molar-refractivity contribution in [1.82, 2.24) is 14.0 Å². The summed E-state index contributed by atoms with van der Waals surface area (Å²) in [6, 6.07) is 73.3. The Morgan fingerprint density at radius 3 is 1.30 bits per heavy atom. The van der Waals surface area contributed by atoms with Crippen LogP contribution in [-0.4, -0.2) is 14.0 Å². The summed E-state index contributed by atoms with van der Waals surface area (Å²) in [6.45, 7) is 0. The van der Waals surface area contributed by atoms with Gasteiger partial charge in [-0.1, -0.05) is 140 Å². The lowest BCUT2D eigenvalue weighted by molar-refractivity contribution is 1.11. The number of hydrogen-bond acceptors (Lipinski definition) is 2. The lowest BCUT2D eigenvalue weighted by atomic mass is 10.0. The summed E-state index contributed by atoms with van der Waals surface area (Å²) in [4.78, 5) is 7.54. The minimum absolute atomic E-state index is 0.886. The first-order valence-electron chi connectivity index (χ1n) is 18.0. The standard InChI is InChI=1S/C49H34N4/c1-4-12-35(13-5-1)38-20-26-41(27-21-38)51(42-28-22-39(23-29-42)36-14-6-2-7-15-36)44-32-33-47-48(34-44)52(49-50-45-18-10-11-19-46(45)53(47)49)43-30-24-40(25-31-43)37-16-8-3-9-17-37/h1-34H. The Labute approximate surface area is 308 Å². The molecule has 0 aliphatic heterocycles. The first-order valence-corrected chi connectivity index (χ1v) is 18.0. The minimum atomic E-state index is 0.886. The molecule has 0 bridgehead atoms. The minimum Gasteiger partial charge on any atom is -0.310 e. The summed E-state index contributed by atoms with van der Waals surface area (Å²) in [5, 5.41) is 0. The molecule has 0 fully saturated rings. The van der Waals surface area contributed by atoms with Gasteiger partial charge >= 0.3 is 0 Å². The molecule has 2 aromatic heterocycles. The molecule has 10 rings (SSSR count). The average molecular weight is 679 g/mol. The van der Waals surface area contributed by atoms with E-state index in [1.54, 1.807) is 0 Å². The van der Waals surface area contributed by atoms with Crippen molar-refractivity contribution in [3.05, 3.63) is 206 Å². The van der Waals surface area contributed by atoms with Crippen LogP contribution in [0.15, 0.2) is 206 Å². The van der Waals surface area contributed by atoms with Gasteiger partial charge < -0.3 is 4.90 Å². The van der Waals surface area contributed by atoms with Crippen molar-refractivity contribution in [2.45, 2.75) is 0 Å². The van der Waals surface area contributed by atoms with Crippen LogP contribution in [0.2, 0.25) is 0 Å². The first-order chi connectivity index (χ1) is 26.3. The fourth-order valence-electron chi connectivity index (χ4n) is 7.53. The molecule has 0 atom stereocenters. The van der Waals surface area contributed by atoms with Crippen LogP contribution in [-0.2, 0) is 0 Å². The van der Waals surface area contributed by atoms with Gasteiger partial charge in [0.15, 0.2) is 0 Å². The zero-order valence-corrected chi connectivity index (χ0v) is 28.9. The molecule has 0 saturated heterocycles. The molecular weight excluding hydrogens is 645 g/mol. The van der Waals surface area contributed by atoms with E-state index in [-0.39, 0.29) is 0 Å². The molecule has 10 aromatic rings. The maximum atomic E-state index is 5.19. The molecule has 0 saturated carbocycles. The van der Waals surface area contributed by atoms with E-state index in [4.69, 9.17) is 4.98 Å². The van der Waals surface area contributed by atoms with E-state index < -0.39 is 0 Å². The smallest absolute Gasteiger partial charge is 0.220 e. The molecule has 4 heteroatoms. The highest BCUT2D eigenvalue weighted by Gasteiger charge is 2.20. The fraction of sp³-hybridized carbons (Fsp3) is 0. The van der Waals surface area contributed by atoms with Crippen molar-refractivity contribution < 1.29 is 0 Å². The van der Waals surface area contributed by atoms with E-state index in [0.717, 1.165) is 50.6 Å². The quantitative estimate of drug-likeness (QED) is 0.168. The molecule has 0 N–H and O–H groups in total. The van der Waals surface area contributed by atoms with Crippen LogP contribution < -0.4 is 4.90 Å². The van der Waals surface area contributed by atoms with Gasteiger partial charge in [-0.05, 0) is 100 Å². The Balaban J connectivity index is 1.16. The van der Waals surface area contributed by atoms with Gasteiger partial charge in [-0.25, -0.2) is 4.98 Å². The third kappa shape index (κ3) is 5.45. The number of para-hydroxylation sites is 2. The van der Waals surface area contributed by atoms with Crippen molar-refractivity contribution in [3.8, 4) is 39.1 Å². The topological polar surface area (TPSA) is 25.5 Å². The van der Waals surface area contributed by atoms with Gasteiger partial charge in [-0.2, -0.15) is 0 Å². The zero-order valence-electron chi connectivity index (χ0n) is 28.9. The molecule has 8 aromatic carbocycles. The summed E-state index contributed by atoms with van der Waals surface area (Å²) in [7, 11) is 0. The average Bonchev–Trinajstić information content (AvgIpc) is 3.77. The summed E-state index contributed by atoms with van der Waals surface area (Å²) >= 11 is 0. The summed E-state index contributed by atoms with van der Waals surface area (Å²) in [5.41, 5.74) is 15.7. The van der Waals surface area contributed by atoms with Crippen LogP contribution in [0.4, 0.5) is 17.1 Å². The van der Waals surface area contributed by atoms with Crippen molar-refractivity contribution in [1.29, 1.82) is 0 Å². The summed E-state index contributed by atoms with van der Waals surface area (Å²) in [5.74, 6) is 0.886. The molecule has 53 heavy (non-hydrogen) atoms. The third-order valence-corrected chi connectivity index (χ3v) is 10.1.